The molecule has 6 nitrogen and oxygen atoms in total. The Morgan fingerprint density at radius 1 is 1.53 bits per heavy atom. The maximum Gasteiger partial charge on any atom is 0.243 e. The molecule has 0 unspecified atom stereocenters. The van der Waals surface area contributed by atoms with Crippen LogP contribution in [0.5, 0.6) is 0 Å². The second-order valence-corrected chi connectivity index (χ2v) is 4.75. The van der Waals surface area contributed by atoms with E-state index in [-0.39, 0.29) is 11.1 Å². The molecule has 1 aromatic rings. The monoisotopic (exact) mass is 256 g/mol. The van der Waals surface area contributed by atoms with Crippen LogP contribution in [0.15, 0.2) is 23.7 Å². The first-order valence-electron chi connectivity index (χ1n) is 5.30. The minimum atomic E-state index is 0.0675. The largest absolute Gasteiger partial charge is 0.370 e. The van der Waals surface area contributed by atoms with Crippen molar-refractivity contribution in [3.05, 3.63) is 18.7 Å². The van der Waals surface area contributed by atoms with E-state index in [1.165, 1.54) is 11.8 Å². The van der Waals surface area contributed by atoms with Crippen LogP contribution in [0.3, 0.4) is 0 Å². The van der Waals surface area contributed by atoms with E-state index in [1.807, 2.05) is 34.9 Å². The minimum Gasteiger partial charge on any atom is -0.370 e. The van der Waals surface area contributed by atoms with Crippen LogP contribution in [0.1, 0.15) is 6.42 Å². The smallest absolute Gasteiger partial charge is 0.243 e. The highest BCUT2D eigenvalue weighted by atomic mass is 32.2. The number of hydrogen-bond acceptors (Lipinski definition) is 3. The molecule has 1 rings (SSSR count). The number of aryl methyl sites for hydroxylation is 2. The molecule has 0 fully saturated rings. The molecule has 0 bridgehead atoms. The van der Waals surface area contributed by atoms with Gasteiger partial charge in [0.2, 0.25) is 6.33 Å². The third-order valence-corrected chi connectivity index (χ3v) is 2.96. The van der Waals surface area contributed by atoms with Gasteiger partial charge in [-0.1, -0.05) is 11.8 Å². The van der Waals surface area contributed by atoms with Crippen LogP contribution in [0.4, 0.5) is 0 Å². The Morgan fingerprint density at radius 2 is 2.29 bits per heavy atom. The molecule has 0 saturated carbocycles. The van der Waals surface area contributed by atoms with Crippen LogP contribution >= 0.6 is 11.8 Å². The summed E-state index contributed by atoms with van der Waals surface area (Å²) in [4.78, 5) is 15.3. The Morgan fingerprint density at radius 3 is 2.88 bits per heavy atom. The van der Waals surface area contributed by atoms with Crippen molar-refractivity contribution in [2.45, 2.75) is 13.0 Å². The maximum absolute atomic E-state index is 11.5. The van der Waals surface area contributed by atoms with E-state index in [4.69, 9.17) is 11.5 Å². The molecule has 0 aliphatic carbocycles. The van der Waals surface area contributed by atoms with Crippen LogP contribution in [-0.2, 0) is 18.4 Å². The second kappa shape index (κ2) is 6.95. The summed E-state index contributed by atoms with van der Waals surface area (Å²) in [6.45, 7) is 1.19. The molecule has 0 aliphatic rings. The van der Waals surface area contributed by atoms with Crippen molar-refractivity contribution in [3.8, 4) is 0 Å². The van der Waals surface area contributed by atoms with Gasteiger partial charge in [-0.25, -0.2) is 9.13 Å². The standard InChI is InChI=1S/C10H18N5OS/c1-14-5-6-15(8-14)4-2-9(16)17-7-3-13-10(11)12/h5-6,8H,2-4,7H2,1H3,(H4,11,12,13)/q+1. The molecule has 0 amide bonds. The Kier molecular flexibility index (Phi) is 5.55. The third-order valence-electron chi connectivity index (χ3n) is 2.05. The molecule has 0 spiro atoms. The predicted octanol–water partition coefficient (Wildman–Crippen LogP) is -0.764. The summed E-state index contributed by atoms with van der Waals surface area (Å²) in [6.07, 6.45) is 6.34. The fraction of sp³-hybridized carbons (Fsp3) is 0.500. The van der Waals surface area contributed by atoms with Crippen molar-refractivity contribution in [2.75, 3.05) is 12.3 Å². The number of guanidine groups is 1. The Balaban J connectivity index is 2.15. The highest BCUT2D eigenvalue weighted by Crippen LogP contribution is 2.06. The van der Waals surface area contributed by atoms with Gasteiger partial charge in [0.25, 0.3) is 0 Å². The normalized spacial score (nSPS) is 10.2. The minimum absolute atomic E-state index is 0.0675. The maximum atomic E-state index is 11.5. The van der Waals surface area contributed by atoms with Crippen molar-refractivity contribution >= 4 is 22.8 Å². The fourth-order valence-electron chi connectivity index (χ4n) is 1.26. The molecule has 1 heterocycles. The summed E-state index contributed by atoms with van der Waals surface area (Å²) in [5, 5.41) is 0.159. The molecule has 94 valence electrons. The van der Waals surface area contributed by atoms with Crippen LogP contribution < -0.4 is 16.0 Å². The van der Waals surface area contributed by atoms with Crippen molar-refractivity contribution in [2.24, 2.45) is 23.5 Å². The van der Waals surface area contributed by atoms with Crippen molar-refractivity contribution in [3.63, 3.8) is 0 Å². The molecule has 1 aromatic heterocycles. The second-order valence-electron chi connectivity index (χ2n) is 3.59. The van der Waals surface area contributed by atoms with Gasteiger partial charge in [0.15, 0.2) is 11.1 Å². The molecule has 0 aliphatic heterocycles. The summed E-state index contributed by atoms with van der Waals surface area (Å²) in [7, 11) is 1.95. The van der Waals surface area contributed by atoms with Crippen LogP contribution in [0.25, 0.3) is 0 Å². The molecule has 0 atom stereocenters. The van der Waals surface area contributed by atoms with E-state index in [1.54, 1.807) is 0 Å². The van der Waals surface area contributed by atoms with Gasteiger partial charge < -0.3 is 11.5 Å². The van der Waals surface area contributed by atoms with Crippen LogP contribution in [0.2, 0.25) is 0 Å². The van der Waals surface area contributed by atoms with Crippen molar-refractivity contribution in [1.82, 2.24) is 4.57 Å². The van der Waals surface area contributed by atoms with E-state index in [0.29, 0.717) is 25.3 Å². The molecule has 7 heteroatoms. The van der Waals surface area contributed by atoms with Gasteiger partial charge in [-0.2, -0.15) is 0 Å². The number of nitrogens with zero attached hydrogens (tertiary/aromatic N) is 3. The topological polar surface area (TPSA) is 90.3 Å². The van der Waals surface area contributed by atoms with E-state index in [2.05, 4.69) is 4.99 Å². The first-order valence-corrected chi connectivity index (χ1v) is 6.28. The Bertz CT molecular complexity index is 397. The van der Waals surface area contributed by atoms with Crippen LogP contribution in [-0.4, -0.2) is 27.9 Å². The predicted molar refractivity (Wildman–Crippen MR) is 68.4 cm³/mol. The average molecular weight is 256 g/mol. The van der Waals surface area contributed by atoms with Crippen molar-refractivity contribution < 1.29 is 9.36 Å². The number of carbonyl (C=O) groups is 1. The lowest BCUT2D eigenvalue weighted by Crippen LogP contribution is -2.23. The number of rotatable bonds is 6. The summed E-state index contributed by atoms with van der Waals surface area (Å²) in [5.74, 6) is 0.689. The zero-order chi connectivity index (χ0) is 12.7. The lowest BCUT2D eigenvalue weighted by molar-refractivity contribution is -0.671. The van der Waals surface area contributed by atoms with Gasteiger partial charge in [0.1, 0.15) is 12.4 Å². The lowest BCUT2D eigenvalue weighted by atomic mass is 10.5. The van der Waals surface area contributed by atoms with Gasteiger partial charge in [-0.3, -0.25) is 9.79 Å². The summed E-state index contributed by atoms with van der Waals surface area (Å²) in [5.41, 5.74) is 10.3. The molecular formula is C10H18N5OS+. The van der Waals surface area contributed by atoms with Gasteiger partial charge >= 0.3 is 0 Å². The third kappa shape index (κ3) is 5.96. The fourth-order valence-corrected chi connectivity index (χ4v) is 1.91. The van der Waals surface area contributed by atoms with Gasteiger partial charge in [-0.15, -0.1) is 0 Å². The molecular weight excluding hydrogens is 238 g/mol. The first kappa shape index (κ1) is 13.6. The zero-order valence-electron chi connectivity index (χ0n) is 9.87. The number of nitrogens with two attached hydrogens (primary N) is 2. The highest BCUT2D eigenvalue weighted by molar-refractivity contribution is 8.13. The molecule has 4 N–H and O–H groups in total. The molecule has 0 aromatic carbocycles. The van der Waals surface area contributed by atoms with E-state index >= 15 is 0 Å². The number of hydrogen-bond donors (Lipinski definition) is 2. The van der Waals surface area contributed by atoms with E-state index in [9.17, 15) is 4.79 Å². The number of imidazole rings is 1. The number of thioether (sulfide) groups is 1. The summed E-state index contributed by atoms with van der Waals surface area (Å²) >= 11 is 1.27. The highest BCUT2D eigenvalue weighted by Gasteiger charge is 2.06. The number of aliphatic imine (C=N–C) groups is 1. The lowest BCUT2D eigenvalue weighted by Gasteiger charge is -1.98. The van der Waals surface area contributed by atoms with Gasteiger partial charge in [0.05, 0.1) is 26.6 Å². The Hall–Kier alpha value is -1.50. The summed E-state index contributed by atoms with van der Waals surface area (Å²) < 4.78 is 3.92. The molecule has 0 saturated heterocycles. The van der Waals surface area contributed by atoms with Crippen LogP contribution in [0, 0.1) is 0 Å². The average Bonchev–Trinajstić information content (AvgIpc) is 2.67. The number of aromatic nitrogens is 2. The SMILES string of the molecule is C[n+]1ccn(CCC(=O)SCCN=C(N)N)c1. The van der Waals surface area contributed by atoms with Gasteiger partial charge in [-0.05, 0) is 0 Å². The molecule has 17 heavy (non-hydrogen) atoms. The van der Waals surface area contributed by atoms with E-state index < -0.39 is 0 Å². The zero-order valence-corrected chi connectivity index (χ0v) is 10.7. The summed E-state index contributed by atoms with van der Waals surface area (Å²) in [6, 6.07) is 0. The number of carbonyl (C=O) groups excluding carboxylic acids is 1. The quantitative estimate of drug-likeness (QED) is 0.303. The van der Waals surface area contributed by atoms with Crippen molar-refractivity contribution in [1.29, 1.82) is 0 Å². The van der Waals surface area contributed by atoms with Gasteiger partial charge in [0, 0.05) is 5.75 Å². The van der Waals surface area contributed by atoms with E-state index in [0.717, 1.165) is 0 Å². The first-order chi connectivity index (χ1) is 8.08. The molecule has 0 radical (unpaired) electrons. The Labute approximate surface area is 105 Å².